The molecule has 1 saturated heterocycles. The van der Waals surface area contributed by atoms with Crippen LogP contribution < -0.4 is 4.72 Å². The van der Waals surface area contributed by atoms with E-state index in [1.54, 1.807) is 11.3 Å². The van der Waals surface area contributed by atoms with Crippen LogP contribution in [0.15, 0.2) is 42.5 Å². The monoisotopic (exact) mass is 404 g/mol. The van der Waals surface area contributed by atoms with Crippen molar-refractivity contribution in [2.45, 2.75) is 31.2 Å². The fourth-order valence-corrected chi connectivity index (χ4v) is 5.89. The number of hydrogen-bond donors (Lipinski definition) is 1. The van der Waals surface area contributed by atoms with Gasteiger partial charge in [-0.3, -0.25) is 4.79 Å². The van der Waals surface area contributed by atoms with Gasteiger partial charge in [-0.05, 0) is 37.0 Å². The highest BCUT2D eigenvalue weighted by Crippen LogP contribution is 2.51. The van der Waals surface area contributed by atoms with Crippen LogP contribution in [0, 0.1) is 5.92 Å². The van der Waals surface area contributed by atoms with Crippen LogP contribution in [0.3, 0.4) is 0 Å². The van der Waals surface area contributed by atoms with E-state index in [9.17, 15) is 13.2 Å². The molecule has 2 aromatic rings. The lowest BCUT2D eigenvalue weighted by Crippen LogP contribution is -2.49. The summed E-state index contributed by atoms with van der Waals surface area (Å²) in [4.78, 5) is 17.2. The van der Waals surface area contributed by atoms with Crippen molar-refractivity contribution < 1.29 is 13.2 Å². The molecule has 2 aliphatic rings. The SMILES string of the molecule is CS(=O)(=O)N[C@@H]1CCCN(C(=O)[C@@H]2C[C@H]2c2ccc(-c3ccccc3)s2)C1. The van der Waals surface area contributed by atoms with E-state index in [0.29, 0.717) is 12.5 Å². The zero-order valence-corrected chi connectivity index (χ0v) is 16.9. The number of amides is 1. The standard InChI is InChI=1S/C20H24N2O3S2/c1-27(24,25)21-15-8-5-11-22(13-15)20(23)17-12-16(17)19-10-9-18(26-19)14-6-3-2-4-7-14/h2-4,6-7,9-10,15-17,21H,5,8,11-13H2,1H3/t15-,16-,17-/m1/s1. The predicted octanol–water partition coefficient (Wildman–Crippen LogP) is 3.06. The minimum atomic E-state index is -3.24. The van der Waals surface area contributed by atoms with Gasteiger partial charge in [0, 0.05) is 40.7 Å². The molecule has 2 fully saturated rings. The maximum absolute atomic E-state index is 12.9. The summed E-state index contributed by atoms with van der Waals surface area (Å²) < 4.78 is 25.6. The number of carbonyl (C=O) groups excluding carboxylic acids is 1. The molecule has 1 aliphatic heterocycles. The molecule has 1 amide bonds. The molecular weight excluding hydrogens is 380 g/mol. The van der Waals surface area contributed by atoms with Crippen molar-refractivity contribution in [3.05, 3.63) is 47.3 Å². The van der Waals surface area contributed by atoms with Crippen molar-refractivity contribution in [3.8, 4) is 10.4 Å². The minimum absolute atomic E-state index is 0.0456. The largest absolute Gasteiger partial charge is 0.341 e. The number of piperidine rings is 1. The number of sulfonamides is 1. The van der Waals surface area contributed by atoms with Gasteiger partial charge >= 0.3 is 0 Å². The van der Waals surface area contributed by atoms with Crippen LogP contribution in [0.25, 0.3) is 10.4 Å². The fraction of sp³-hybridized carbons (Fsp3) is 0.450. The third kappa shape index (κ3) is 4.42. The maximum atomic E-state index is 12.9. The number of rotatable bonds is 5. The van der Waals surface area contributed by atoms with Gasteiger partial charge in [-0.25, -0.2) is 13.1 Å². The van der Waals surface area contributed by atoms with Crippen molar-refractivity contribution in [3.63, 3.8) is 0 Å². The van der Waals surface area contributed by atoms with Gasteiger partial charge in [-0.1, -0.05) is 30.3 Å². The van der Waals surface area contributed by atoms with Crippen molar-refractivity contribution in [2.24, 2.45) is 5.92 Å². The second-order valence-corrected chi connectivity index (χ2v) is 10.4. The topological polar surface area (TPSA) is 66.5 Å². The lowest BCUT2D eigenvalue weighted by Gasteiger charge is -2.33. The summed E-state index contributed by atoms with van der Waals surface area (Å²) in [6.07, 6.45) is 3.70. The Hall–Kier alpha value is -1.70. The van der Waals surface area contributed by atoms with Gasteiger partial charge in [-0.15, -0.1) is 11.3 Å². The number of thiophene rings is 1. The van der Waals surface area contributed by atoms with Gasteiger partial charge in [0.25, 0.3) is 0 Å². The summed E-state index contributed by atoms with van der Waals surface area (Å²) in [7, 11) is -3.24. The molecule has 3 atom stereocenters. The highest BCUT2D eigenvalue weighted by atomic mass is 32.2. The number of hydrogen-bond acceptors (Lipinski definition) is 4. The average Bonchev–Trinajstić information content (AvgIpc) is 3.28. The van der Waals surface area contributed by atoms with Crippen molar-refractivity contribution >= 4 is 27.3 Å². The Labute approximate surface area is 164 Å². The lowest BCUT2D eigenvalue weighted by atomic mass is 10.1. The number of nitrogens with one attached hydrogen (secondary N) is 1. The van der Waals surface area contributed by atoms with Crippen molar-refractivity contribution in [1.82, 2.24) is 9.62 Å². The Morgan fingerprint density at radius 1 is 1.19 bits per heavy atom. The second kappa shape index (κ2) is 7.37. The fourth-order valence-electron chi connectivity index (χ4n) is 3.90. The van der Waals surface area contributed by atoms with E-state index in [2.05, 4.69) is 29.0 Å². The molecule has 0 spiro atoms. The lowest BCUT2D eigenvalue weighted by molar-refractivity contribution is -0.133. The van der Waals surface area contributed by atoms with E-state index in [-0.39, 0.29) is 17.9 Å². The molecule has 1 aromatic heterocycles. The van der Waals surface area contributed by atoms with Crippen LogP contribution in [0.5, 0.6) is 0 Å². The highest BCUT2D eigenvalue weighted by Gasteiger charge is 2.47. The number of likely N-dealkylation sites (tertiary alicyclic amines) is 1. The van der Waals surface area contributed by atoms with E-state index in [4.69, 9.17) is 0 Å². The Morgan fingerprint density at radius 2 is 1.96 bits per heavy atom. The number of benzene rings is 1. The summed E-state index contributed by atoms with van der Waals surface area (Å²) >= 11 is 1.77. The van der Waals surface area contributed by atoms with Crippen LogP contribution in [-0.2, 0) is 14.8 Å². The third-order valence-corrected chi connectivity index (χ3v) is 7.30. The first-order chi connectivity index (χ1) is 12.9. The minimum Gasteiger partial charge on any atom is -0.341 e. The normalized spacial score (nSPS) is 25.4. The first-order valence-electron chi connectivity index (χ1n) is 9.32. The molecule has 2 heterocycles. The molecule has 0 radical (unpaired) electrons. The van der Waals surface area contributed by atoms with Crippen LogP contribution in [0.4, 0.5) is 0 Å². The molecule has 0 bridgehead atoms. The molecule has 1 N–H and O–H groups in total. The zero-order chi connectivity index (χ0) is 19.0. The van der Waals surface area contributed by atoms with E-state index >= 15 is 0 Å². The molecular formula is C20H24N2O3S2. The summed E-state index contributed by atoms with van der Waals surface area (Å²) in [5, 5.41) is 0. The molecule has 4 rings (SSSR count). The first-order valence-corrected chi connectivity index (χ1v) is 12.0. The van der Waals surface area contributed by atoms with Gasteiger partial charge in [0.2, 0.25) is 15.9 Å². The molecule has 0 unspecified atom stereocenters. The van der Waals surface area contributed by atoms with Crippen LogP contribution in [-0.4, -0.2) is 44.6 Å². The Balaban J connectivity index is 1.38. The Morgan fingerprint density at radius 3 is 2.70 bits per heavy atom. The van der Waals surface area contributed by atoms with Gasteiger partial charge in [0.1, 0.15) is 0 Å². The molecule has 1 aromatic carbocycles. The third-order valence-electron chi connectivity index (χ3n) is 5.27. The van der Waals surface area contributed by atoms with Crippen molar-refractivity contribution in [2.75, 3.05) is 19.3 Å². The molecule has 1 aliphatic carbocycles. The first kappa shape index (κ1) is 18.7. The number of carbonyl (C=O) groups is 1. The van der Waals surface area contributed by atoms with E-state index < -0.39 is 10.0 Å². The van der Waals surface area contributed by atoms with Gasteiger partial charge in [-0.2, -0.15) is 0 Å². The highest BCUT2D eigenvalue weighted by molar-refractivity contribution is 7.88. The summed E-state index contributed by atoms with van der Waals surface area (Å²) in [6.45, 7) is 1.21. The Bertz CT molecular complexity index is 924. The van der Waals surface area contributed by atoms with E-state index in [1.807, 2.05) is 23.1 Å². The summed E-state index contributed by atoms with van der Waals surface area (Å²) in [5.74, 6) is 0.530. The smallest absolute Gasteiger partial charge is 0.226 e. The molecule has 5 nitrogen and oxygen atoms in total. The number of nitrogens with zero attached hydrogens (tertiary/aromatic N) is 1. The quantitative estimate of drug-likeness (QED) is 0.833. The predicted molar refractivity (Wildman–Crippen MR) is 108 cm³/mol. The van der Waals surface area contributed by atoms with Crippen LogP contribution >= 0.6 is 11.3 Å². The van der Waals surface area contributed by atoms with Gasteiger partial charge in [0.05, 0.1) is 6.26 Å². The van der Waals surface area contributed by atoms with Crippen LogP contribution in [0.1, 0.15) is 30.1 Å². The van der Waals surface area contributed by atoms with Crippen LogP contribution in [0.2, 0.25) is 0 Å². The molecule has 1 saturated carbocycles. The average molecular weight is 405 g/mol. The van der Waals surface area contributed by atoms with E-state index in [0.717, 1.165) is 25.8 Å². The summed E-state index contributed by atoms with van der Waals surface area (Å²) in [6, 6.07) is 14.4. The maximum Gasteiger partial charge on any atom is 0.226 e. The second-order valence-electron chi connectivity index (χ2n) is 7.53. The molecule has 144 valence electrons. The Kier molecular flexibility index (Phi) is 5.09. The van der Waals surface area contributed by atoms with Gasteiger partial charge < -0.3 is 4.90 Å². The zero-order valence-electron chi connectivity index (χ0n) is 15.3. The molecule has 27 heavy (non-hydrogen) atoms. The van der Waals surface area contributed by atoms with E-state index in [1.165, 1.54) is 21.6 Å². The van der Waals surface area contributed by atoms with Crippen molar-refractivity contribution in [1.29, 1.82) is 0 Å². The van der Waals surface area contributed by atoms with Gasteiger partial charge in [0.15, 0.2) is 0 Å². The molecule has 7 heteroatoms. The summed E-state index contributed by atoms with van der Waals surface area (Å²) in [5.41, 5.74) is 1.21.